The molecular formula is C12H9N3O2S. The highest BCUT2D eigenvalue weighted by Gasteiger charge is 2.15. The molecule has 3 aromatic rings. The molecule has 0 atom stereocenters. The van der Waals surface area contributed by atoms with Crippen molar-refractivity contribution in [1.29, 1.82) is 0 Å². The number of carbonyl (C=O) groups is 1. The van der Waals surface area contributed by atoms with E-state index in [1.54, 1.807) is 13.3 Å². The summed E-state index contributed by atoms with van der Waals surface area (Å²) in [5.74, 6) is -0.932. The van der Waals surface area contributed by atoms with E-state index < -0.39 is 5.97 Å². The van der Waals surface area contributed by atoms with Gasteiger partial charge in [0.2, 0.25) is 0 Å². The predicted octanol–water partition coefficient (Wildman–Crippen LogP) is 2.69. The lowest BCUT2D eigenvalue weighted by Crippen LogP contribution is -1.94. The van der Waals surface area contributed by atoms with Crippen LogP contribution in [0, 0.1) is 6.92 Å². The van der Waals surface area contributed by atoms with Crippen molar-refractivity contribution in [1.82, 2.24) is 15.0 Å². The van der Waals surface area contributed by atoms with E-state index in [4.69, 9.17) is 5.11 Å². The molecule has 6 heteroatoms. The maximum absolute atomic E-state index is 11.0. The second-order valence-corrected chi connectivity index (χ2v) is 4.87. The number of fused-ring (bicyclic) bond motifs is 1. The van der Waals surface area contributed by atoms with Crippen LogP contribution >= 0.6 is 11.3 Å². The van der Waals surface area contributed by atoms with Crippen LogP contribution in [-0.2, 0) is 0 Å². The summed E-state index contributed by atoms with van der Waals surface area (Å²) in [5.41, 5.74) is 3.24. The Hall–Kier alpha value is -2.21. The molecule has 5 nitrogen and oxygen atoms in total. The number of imidazole rings is 1. The van der Waals surface area contributed by atoms with Crippen LogP contribution in [0.3, 0.4) is 0 Å². The number of nitrogens with zero attached hydrogens (tertiary/aromatic N) is 2. The van der Waals surface area contributed by atoms with Crippen LogP contribution in [0.15, 0.2) is 24.5 Å². The monoisotopic (exact) mass is 259 g/mol. The number of benzene rings is 1. The normalized spacial score (nSPS) is 10.9. The molecule has 2 N–H and O–H groups in total. The number of rotatable bonds is 2. The lowest BCUT2D eigenvalue weighted by molar-refractivity contribution is 0.0701. The lowest BCUT2D eigenvalue weighted by atomic mass is 10.2. The highest BCUT2D eigenvalue weighted by molar-refractivity contribution is 7.17. The number of nitrogens with one attached hydrogen (secondary N) is 1. The molecule has 2 heterocycles. The predicted molar refractivity (Wildman–Crippen MR) is 68.9 cm³/mol. The molecule has 0 aliphatic heterocycles. The Morgan fingerprint density at radius 1 is 1.44 bits per heavy atom. The number of aromatic carboxylic acids is 1. The summed E-state index contributed by atoms with van der Waals surface area (Å²) < 4.78 is 0. The Morgan fingerprint density at radius 3 is 3.00 bits per heavy atom. The maximum Gasteiger partial charge on any atom is 0.347 e. The molecule has 1 aromatic carbocycles. The zero-order chi connectivity index (χ0) is 12.7. The molecular weight excluding hydrogens is 250 g/mol. The van der Waals surface area contributed by atoms with E-state index in [0.29, 0.717) is 10.7 Å². The van der Waals surface area contributed by atoms with Gasteiger partial charge in [-0.1, -0.05) is 0 Å². The third-order valence-electron chi connectivity index (χ3n) is 2.66. The number of carboxylic acid groups (broad SMARTS) is 1. The van der Waals surface area contributed by atoms with Crippen LogP contribution in [0.25, 0.3) is 21.6 Å². The minimum atomic E-state index is -0.932. The number of aryl methyl sites for hydroxylation is 1. The van der Waals surface area contributed by atoms with Gasteiger partial charge >= 0.3 is 5.97 Å². The fraction of sp³-hybridized carbons (Fsp3) is 0.0833. The van der Waals surface area contributed by atoms with E-state index in [1.807, 2.05) is 18.2 Å². The molecule has 0 aliphatic carbocycles. The summed E-state index contributed by atoms with van der Waals surface area (Å²) in [4.78, 5) is 22.7. The van der Waals surface area contributed by atoms with Gasteiger partial charge < -0.3 is 10.1 Å². The van der Waals surface area contributed by atoms with Gasteiger partial charge in [0.05, 0.1) is 23.1 Å². The van der Waals surface area contributed by atoms with Gasteiger partial charge in [-0.15, -0.1) is 11.3 Å². The minimum Gasteiger partial charge on any atom is -0.477 e. The SMILES string of the molecule is Cc1nc(-c2ccc3nc[nH]c3c2)sc1C(=O)O. The lowest BCUT2D eigenvalue weighted by Gasteiger charge is -1.95. The Labute approximate surface area is 106 Å². The average Bonchev–Trinajstić information content (AvgIpc) is 2.93. The molecule has 0 saturated carbocycles. The van der Waals surface area contributed by atoms with E-state index in [1.165, 1.54) is 11.3 Å². The first-order chi connectivity index (χ1) is 8.65. The van der Waals surface area contributed by atoms with Gasteiger partial charge in [-0.05, 0) is 25.1 Å². The van der Waals surface area contributed by atoms with Gasteiger partial charge in [0.15, 0.2) is 0 Å². The largest absolute Gasteiger partial charge is 0.477 e. The Bertz CT molecular complexity index is 745. The smallest absolute Gasteiger partial charge is 0.347 e. The number of thiazole rings is 1. The molecule has 0 fully saturated rings. The first kappa shape index (κ1) is 10.9. The van der Waals surface area contributed by atoms with Crippen molar-refractivity contribution in [2.24, 2.45) is 0 Å². The van der Waals surface area contributed by atoms with Crippen LogP contribution < -0.4 is 0 Å². The quantitative estimate of drug-likeness (QED) is 0.741. The third kappa shape index (κ3) is 1.67. The third-order valence-corrected chi connectivity index (χ3v) is 3.85. The molecule has 0 bridgehead atoms. The van der Waals surface area contributed by atoms with Gasteiger partial charge in [0, 0.05) is 5.56 Å². The Morgan fingerprint density at radius 2 is 2.28 bits per heavy atom. The summed E-state index contributed by atoms with van der Waals surface area (Å²) in [5, 5.41) is 9.73. The van der Waals surface area contributed by atoms with Gasteiger partial charge in [-0.25, -0.2) is 14.8 Å². The molecule has 0 radical (unpaired) electrons. The minimum absolute atomic E-state index is 0.287. The standard InChI is InChI=1S/C12H9N3O2S/c1-6-10(12(16)17)18-11(15-6)7-2-3-8-9(4-7)14-5-13-8/h2-5H,1H3,(H,13,14)(H,16,17). The molecule has 0 aliphatic rings. The molecule has 90 valence electrons. The maximum atomic E-state index is 11.0. The Balaban J connectivity index is 2.13. The van der Waals surface area contributed by atoms with Gasteiger partial charge in [-0.3, -0.25) is 0 Å². The molecule has 0 saturated heterocycles. The first-order valence-electron chi connectivity index (χ1n) is 5.29. The molecule has 0 spiro atoms. The summed E-state index contributed by atoms with van der Waals surface area (Å²) in [6.45, 7) is 1.71. The van der Waals surface area contributed by atoms with Crippen molar-refractivity contribution in [2.45, 2.75) is 6.92 Å². The summed E-state index contributed by atoms with van der Waals surface area (Å²) in [7, 11) is 0. The van der Waals surface area contributed by atoms with Crippen molar-refractivity contribution >= 4 is 28.3 Å². The highest BCUT2D eigenvalue weighted by atomic mass is 32.1. The number of aromatic amines is 1. The summed E-state index contributed by atoms with van der Waals surface area (Å²) >= 11 is 1.19. The molecule has 0 unspecified atom stereocenters. The fourth-order valence-corrected chi connectivity index (χ4v) is 2.69. The highest BCUT2D eigenvalue weighted by Crippen LogP contribution is 2.29. The number of carboxylic acids is 1. The van der Waals surface area contributed by atoms with Crippen molar-refractivity contribution in [3.63, 3.8) is 0 Å². The van der Waals surface area contributed by atoms with Gasteiger partial charge in [-0.2, -0.15) is 0 Å². The average molecular weight is 259 g/mol. The zero-order valence-corrected chi connectivity index (χ0v) is 10.3. The van der Waals surface area contributed by atoms with E-state index >= 15 is 0 Å². The van der Waals surface area contributed by atoms with Crippen molar-refractivity contribution in [3.8, 4) is 10.6 Å². The zero-order valence-electron chi connectivity index (χ0n) is 9.47. The van der Waals surface area contributed by atoms with E-state index in [9.17, 15) is 4.79 Å². The number of aromatic nitrogens is 3. The number of hydrogen-bond acceptors (Lipinski definition) is 4. The van der Waals surface area contributed by atoms with Crippen molar-refractivity contribution < 1.29 is 9.90 Å². The van der Waals surface area contributed by atoms with Crippen LogP contribution in [0.5, 0.6) is 0 Å². The molecule has 18 heavy (non-hydrogen) atoms. The van der Waals surface area contributed by atoms with Crippen molar-refractivity contribution in [3.05, 3.63) is 35.1 Å². The molecule has 0 amide bonds. The second-order valence-electron chi connectivity index (χ2n) is 3.87. The summed E-state index contributed by atoms with van der Waals surface area (Å²) in [6, 6.07) is 5.71. The molecule has 3 rings (SSSR count). The van der Waals surface area contributed by atoms with Crippen LogP contribution in [-0.4, -0.2) is 26.0 Å². The van der Waals surface area contributed by atoms with E-state index in [2.05, 4.69) is 15.0 Å². The van der Waals surface area contributed by atoms with E-state index in [-0.39, 0.29) is 4.88 Å². The summed E-state index contributed by atoms with van der Waals surface area (Å²) in [6.07, 6.45) is 1.63. The van der Waals surface area contributed by atoms with Crippen LogP contribution in [0.2, 0.25) is 0 Å². The fourth-order valence-electron chi connectivity index (χ4n) is 1.79. The topological polar surface area (TPSA) is 78.9 Å². The molecule has 2 aromatic heterocycles. The second kappa shape index (κ2) is 3.92. The Kier molecular flexibility index (Phi) is 2.38. The number of H-pyrrole nitrogens is 1. The number of hydrogen-bond donors (Lipinski definition) is 2. The van der Waals surface area contributed by atoms with Crippen LogP contribution in [0.4, 0.5) is 0 Å². The van der Waals surface area contributed by atoms with Gasteiger partial charge in [0.25, 0.3) is 0 Å². The van der Waals surface area contributed by atoms with Crippen LogP contribution in [0.1, 0.15) is 15.4 Å². The van der Waals surface area contributed by atoms with Gasteiger partial charge in [0.1, 0.15) is 9.88 Å². The van der Waals surface area contributed by atoms with Crippen molar-refractivity contribution in [2.75, 3.05) is 0 Å². The van der Waals surface area contributed by atoms with E-state index in [0.717, 1.165) is 16.6 Å². The first-order valence-corrected chi connectivity index (χ1v) is 6.11.